The van der Waals surface area contributed by atoms with E-state index in [0.29, 0.717) is 37.4 Å². The predicted molar refractivity (Wildman–Crippen MR) is 87.9 cm³/mol. The quantitative estimate of drug-likeness (QED) is 0.769. The minimum Gasteiger partial charge on any atom is -0.449 e. The minimum atomic E-state index is -0.544. The van der Waals surface area contributed by atoms with Gasteiger partial charge in [0.05, 0.1) is 18.0 Å². The van der Waals surface area contributed by atoms with E-state index in [1.54, 1.807) is 0 Å². The highest BCUT2D eigenvalue weighted by atomic mass is 19.1. The molecule has 0 saturated carbocycles. The van der Waals surface area contributed by atoms with Crippen molar-refractivity contribution in [3.63, 3.8) is 0 Å². The first-order chi connectivity index (χ1) is 12.0. The standard InChI is InChI=1S/C16H19FN4O4/c17-11-8-10-2-3-13(22)20-14(10)12(9-11)19-15(23)18-4-6-21-5-1-7-25-16(21)24/h8-9H,1-7H2,(H,20,22)(H2,18,19,23). The molecular weight excluding hydrogens is 331 g/mol. The Hall–Kier alpha value is -2.84. The number of urea groups is 1. The molecular formula is C16H19FN4O4. The van der Waals surface area contributed by atoms with Gasteiger partial charge >= 0.3 is 12.1 Å². The molecule has 25 heavy (non-hydrogen) atoms. The fourth-order valence-electron chi connectivity index (χ4n) is 2.83. The number of aryl methyl sites for hydroxylation is 1. The molecule has 1 saturated heterocycles. The number of cyclic esters (lactones) is 1. The smallest absolute Gasteiger partial charge is 0.409 e. The van der Waals surface area contributed by atoms with Gasteiger partial charge in [-0.3, -0.25) is 4.79 Å². The van der Waals surface area contributed by atoms with E-state index in [9.17, 15) is 18.8 Å². The Morgan fingerprint density at radius 2 is 2.16 bits per heavy atom. The summed E-state index contributed by atoms with van der Waals surface area (Å²) in [6.07, 6.45) is 1.07. The maximum absolute atomic E-state index is 13.7. The zero-order valence-electron chi connectivity index (χ0n) is 13.6. The summed E-state index contributed by atoms with van der Waals surface area (Å²) < 4.78 is 18.6. The minimum absolute atomic E-state index is 0.175. The third-order valence-electron chi connectivity index (χ3n) is 4.04. The van der Waals surface area contributed by atoms with Crippen molar-refractivity contribution in [3.05, 3.63) is 23.5 Å². The number of carbonyl (C=O) groups excluding carboxylic acids is 3. The lowest BCUT2D eigenvalue weighted by molar-refractivity contribution is -0.116. The number of nitrogens with one attached hydrogen (secondary N) is 3. The first kappa shape index (κ1) is 17.0. The van der Waals surface area contributed by atoms with E-state index < -0.39 is 17.9 Å². The lowest BCUT2D eigenvalue weighted by Crippen LogP contribution is -2.43. The molecule has 0 spiro atoms. The van der Waals surface area contributed by atoms with E-state index in [4.69, 9.17) is 4.74 Å². The Morgan fingerprint density at radius 3 is 2.96 bits per heavy atom. The number of anilines is 2. The average molecular weight is 350 g/mol. The molecule has 3 rings (SSSR count). The van der Waals surface area contributed by atoms with Crippen LogP contribution in [0.25, 0.3) is 0 Å². The van der Waals surface area contributed by atoms with Gasteiger partial charge in [-0.05, 0) is 30.5 Å². The van der Waals surface area contributed by atoms with E-state index in [1.807, 2.05) is 0 Å². The van der Waals surface area contributed by atoms with E-state index >= 15 is 0 Å². The van der Waals surface area contributed by atoms with Crippen molar-refractivity contribution >= 4 is 29.4 Å². The molecule has 0 unspecified atom stereocenters. The summed E-state index contributed by atoms with van der Waals surface area (Å²) >= 11 is 0. The average Bonchev–Trinajstić information content (AvgIpc) is 2.57. The summed E-state index contributed by atoms with van der Waals surface area (Å²) in [7, 11) is 0. The summed E-state index contributed by atoms with van der Waals surface area (Å²) in [5, 5.41) is 7.80. The van der Waals surface area contributed by atoms with Crippen LogP contribution in [0.2, 0.25) is 0 Å². The molecule has 0 atom stereocenters. The summed E-state index contributed by atoms with van der Waals surface area (Å²) in [6, 6.07) is 1.96. The lowest BCUT2D eigenvalue weighted by atomic mass is 10.0. The highest BCUT2D eigenvalue weighted by Gasteiger charge is 2.21. The third-order valence-corrected chi connectivity index (χ3v) is 4.04. The third kappa shape index (κ3) is 4.17. The predicted octanol–water partition coefficient (Wildman–Crippen LogP) is 1.67. The van der Waals surface area contributed by atoms with Crippen molar-refractivity contribution in [1.82, 2.24) is 10.2 Å². The number of carbonyl (C=O) groups is 3. The van der Waals surface area contributed by atoms with E-state index in [0.717, 1.165) is 12.5 Å². The second-order valence-electron chi connectivity index (χ2n) is 5.87. The van der Waals surface area contributed by atoms with Crippen molar-refractivity contribution < 1.29 is 23.5 Å². The lowest BCUT2D eigenvalue weighted by Gasteiger charge is -2.26. The number of benzene rings is 1. The van der Waals surface area contributed by atoms with Crippen LogP contribution in [0.1, 0.15) is 18.4 Å². The maximum atomic E-state index is 13.7. The number of fused-ring (bicyclic) bond motifs is 1. The van der Waals surface area contributed by atoms with Crippen LogP contribution in [0.4, 0.5) is 25.4 Å². The van der Waals surface area contributed by atoms with Gasteiger partial charge in [0.25, 0.3) is 0 Å². The number of ether oxygens (including phenoxy) is 1. The van der Waals surface area contributed by atoms with Crippen LogP contribution in [0, 0.1) is 5.82 Å². The topological polar surface area (TPSA) is 99.8 Å². The molecule has 3 N–H and O–H groups in total. The maximum Gasteiger partial charge on any atom is 0.409 e. The van der Waals surface area contributed by atoms with E-state index in [-0.39, 0.29) is 24.6 Å². The van der Waals surface area contributed by atoms with Gasteiger partial charge in [-0.1, -0.05) is 0 Å². The van der Waals surface area contributed by atoms with Gasteiger partial charge < -0.3 is 25.6 Å². The van der Waals surface area contributed by atoms with Crippen LogP contribution in [-0.2, 0) is 16.0 Å². The van der Waals surface area contributed by atoms with Crippen LogP contribution >= 0.6 is 0 Å². The molecule has 9 heteroatoms. The normalized spacial score (nSPS) is 16.6. The number of rotatable bonds is 4. The summed E-state index contributed by atoms with van der Waals surface area (Å²) in [4.78, 5) is 36.6. The molecule has 0 radical (unpaired) electrons. The van der Waals surface area contributed by atoms with E-state index in [2.05, 4.69) is 16.0 Å². The van der Waals surface area contributed by atoms with Gasteiger partial charge in [0.1, 0.15) is 5.82 Å². The zero-order valence-corrected chi connectivity index (χ0v) is 13.6. The molecule has 8 nitrogen and oxygen atoms in total. The molecule has 1 fully saturated rings. The number of hydrogen-bond donors (Lipinski definition) is 3. The Balaban J connectivity index is 1.57. The number of nitrogens with zero attached hydrogens (tertiary/aromatic N) is 1. The molecule has 134 valence electrons. The molecule has 1 aromatic carbocycles. The highest BCUT2D eigenvalue weighted by Crippen LogP contribution is 2.31. The second-order valence-corrected chi connectivity index (χ2v) is 5.87. The number of halogens is 1. The van der Waals surface area contributed by atoms with Crippen LogP contribution < -0.4 is 16.0 Å². The first-order valence-electron chi connectivity index (χ1n) is 8.12. The van der Waals surface area contributed by atoms with Crippen molar-refractivity contribution in [2.45, 2.75) is 19.3 Å². The largest absolute Gasteiger partial charge is 0.449 e. The van der Waals surface area contributed by atoms with Gasteiger partial charge in [0, 0.05) is 26.1 Å². The SMILES string of the molecule is O=C1CCc2cc(F)cc(NC(=O)NCCN3CCCOC3=O)c2N1. The van der Waals surface area contributed by atoms with Crippen molar-refractivity contribution in [3.8, 4) is 0 Å². The van der Waals surface area contributed by atoms with Crippen LogP contribution in [0.15, 0.2) is 12.1 Å². The Labute approximate surface area is 143 Å². The Bertz CT molecular complexity index is 710. The molecule has 0 aromatic heterocycles. The molecule has 4 amide bonds. The molecule has 0 aliphatic carbocycles. The Morgan fingerprint density at radius 1 is 1.32 bits per heavy atom. The monoisotopic (exact) mass is 350 g/mol. The number of hydrogen-bond acceptors (Lipinski definition) is 4. The summed E-state index contributed by atoms with van der Waals surface area (Å²) in [5.74, 6) is -0.660. The van der Waals surface area contributed by atoms with Crippen LogP contribution in [0.3, 0.4) is 0 Å². The van der Waals surface area contributed by atoms with E-state index in [1.165, 1.54) is 11.0 Å². The fraction of sp³-hybridized carbons (Fsp3) is 0.438. The first-order valence-corrected chi connectivity index (χ1v) is 8.12. The molecule has 2 heterocycles. The molecule has 1 aromatic rings. The fourth-order valence-corrected chi connectivity index (χ4v) is 2.83. The van der Waals surface area contributed by atoms with Crippen LogP contribution in [-0.4, -0.2) is 49.2 Å². The van der Waals surface area contributed by atoms with Crippen molar-refractivity contribution in [2.24, 2.45) is 0 Å². The molecule has 2 aliphatic rings. The van der Waals surface area contributed by atoms with Gasteiger partial charge in [-0.2, -0.15) is 0 Å². The molecule has 0 bridgehead atoms. The number of amides is 4. The second kappa shape index (κ2) is 7.37. The van der Waals surface area contributed by atoms with Crippen LogP contribution in [0.5, 0.6) is 0 Å². The summed E-state index contributed by atoms with van der Waals surface area (Å²) in [5.41, 5.74) is 1.27. The Kier molecular flexibility index (Phi) is 5.01. The zero-order chi connectivity index (χ0) is 17.8. The van der Waals surface area contributed by atoms with Gasteiger partial charge in [-0.15, -0.1) is 0 Å². The van der Waals surface area contributed by atoms with Crippen molar-refractivity contribution in [2.75, 3.05) is 36.9 Å². The van der Waals surface area contributed by atoms with Gasteiger partial charge in [0.2, 0.25) is 5.91 Å². The van der Waals surface area contributed by atoms with Crippen molar-refractivity contribution in [1.29, 1.82) is 0 Å². The van der Waals surface area contributed by atoms with Gasteiger partial charge in [-0.25, -0.2) is 14.0 Å². The van der Waals surface area contributed by atoms with Gasteiger partial charge in [0.15, 0.2) is 0 Å². The highest BCUT2D eigenvalue weighted by molar-refractivity contribution is 6.01. The summed E-state index contributed by atoms with van der Waals surface area (Å²) in [6.45, 7) is 1.56. The molecule has 2 aliphatic heterocycles.